The number of rotatable bonds is 4. The van der Waals surface area contributed by atoms with Gasteiger partial charge in [0.05, 0.1) is 12.5 Å². The van der Waals surface area contributed by atoms with Gasteiger partial charge in [0.2, 0.25) is 5.91 Å². The van der Waals surface area contributed by atoms with Gasteiger partial charge in [0.25, 0.3) is 0 Å². The molecule has 0 aliphatic carbocycles. The molecule has 22 heavy (non-hydrogen) atoms. The summed E-state index contributed by atoms with van der Waals surface area (Å²) < 4.78 is 0. The predicted molar refractivity (Wildman–Crippen MR) is 81.8 cm³/mol. The summed E-state index contributed by atoms with van der Waals surface area (Å²) >= 11 is 0. The molecule has 1 aromatic heterocycles. The Bertz CT molecular complexity index is 658. The molecule has 5 nitrogen and oxygen atoms in total. The maximum absolute atomic E-state index is 12.6. The first-order chi connectivity index (χ1) is 10.7. The van der Waals surface area contributed by atoms with Crippen LogP contribution in [0.1, 0.15) is 11.1 Å². The molecule has 1 fully saturated rings. The second-order valence-electron chi connectivity index (χ2n) is 5.36. The van der Waals surface area contributed by atoms with E-state index in [1.54, 1.807) is 18.5 Å². The molecule has 1 aromatic carbocycles. The monoisotopic (exact) mass is 295 g/mol. The van der Waals surface area contributed by atoms with Gasteiger partial charge in [-0.3, -0.25) is 14.7 Å². The number of pyridine rings is 1. The number of carbonyl (C=O) groups excluding carboxylic acids is 2. The van der Waals surface area contributed by atoms with Crippen LogP contribution in [-0.4, -0.2) is 28.4 Å². The van der Waals surface area contributed by atoms with Gasteiger partial charge in [-0.25, -0.2) is 4.79 Å². The number of benzene rings is 1. The van der Waals surface area contributed by atoms with Crippen molar-refractivity contribution in [3.8, 4) is 0 Å². The molecule has 112 valence electrons. The van der Waals surface area contributed by atoms with Crippen LogP contribution in [0.25, 0.3) is 0 Å². The number of nitrogens with zero attached hydrogens (tertiary/aromatic N) is 2. The van der Waals surface area contributed by atoms with E-state index in [1.165, 1.54) is 4.90 Å². The first-order valence-corrected chi connectivity index (χ1v) is 7.26. The van der Waals surface area contributed by atoms with Crippen LogP contribution in [0.4, 0.5) is 4.79 Å². The van der Waals surface area contributed by atoms with Crippen LogP contribution in [0.15, 0.2) is 54.9 Å². The van der Waals surface area contributed by atoms with E-state index in [4.69, 9.17) is 0 Å². The minimum Gasteiger partial charge on any atom is -0.337 e. The largest absolute Gasteiger partial charge is 0.337 e. The number of carbonyl (C=O) groups is 2. The Kier molecular flexibility index (Phi) is 4.14. The van der Waals surface area contributed by atoms with E-state index < -0.39 is 0 Å². The molecular weight excluding hydrogens is 278 g/mol. The average Bonchev–Trinajstić information content (AvgIpc) is 2.56. The lowest BCUT2D eigenvalue weighted by Gasteiger charge is -2.31. The van der Waals surface area contributed by atoms with Gasteiger partial charge in [-0.1, -0.05) is 36.4 Å². The molecule has 5 heteroatoms. The molecule has 1 unspecified atom stereocenters. The molecule has 1 atom stereocenters. The summed E-state index contributed by atoms with van der Waals surface area (Å²) in [5, 5.41) is 2.80. The van der Waals surface area contributed by atoms with Crippen LogP contribution >= 0.6 is 0 Å². The van der Waals surface area contributed by atoms with E-state index in [0.717, 1.165) is 11.1 Å². The fraction of sp³-hybridized carbons (Fsp3) is 0.235. The standard InChI is InChI=1S/C17H17N3O2/c21-16-15(9-13-5-2-1-3-6-13)11-19-17(22)20(16)12-14-7-4-8-18-10-14/h1-8,10,15H,9,11-12H2,(H,19,22). The normalized spacial score (nSPS) is 18.2. The highest BCUT2D eigenvalue weighted by molar-refractivity contribution is 5.98. The number of hydrogen-bond acceptors (Lipinski definition) is 3. The molecule has 0 spiro atoms. The van der Waals surface area contributed by atoms with Crippen LogP contribution in [-0.2, 0) is 17.8 Å². The van der Waals surface area contributed by atoms with Crippen molar-refractivity contribution in [1.82, 2.24) is 15.2 Å². The number of aromatic nitrogens is 1. The van der Waals surface area contributed by atoms with Crippen LogP contribution < -0.4 is 5.32 Å². The highest BCUT2D eigenvalue weighted by atomic mass is 16.2. The molecule has 0 saturated carbocycles. The van der Waals surface area contributed by atoms with Crippen LogP contribution in [0, 0.1) is 5.92 Å². The van der Waals surface area contributed by atoms with Crippen molar-refractivity contribution in [3.05, 3.63) is 66.0 Å². The Balaban J connectivity index is 1.73. The Hall–Kier alpha value is -2.69. The lowest BCUT2D eigenvalue weighted by Crippen LogP contribution is -2.54. The summed E-state index contributed by atoms with van der Waals surface area (Å²) in [4.78, 5) is 29.9. The van der Waals surface area contributed by atoms with Crippen molar-refractivity contribution in [3.63, 3.8) is 0 Å². The van der Waals surface area contributed by atoms with Crippen molar-refractivity contribution in [1.29, 1.82) is 0 Å². The Morgan fingerprint density at radius 3 is 2.59 bits per heavy atom. The van der Waals surface area contributed by atoms with E-state index >= 15 is 0 Å². The zero-order valence-electron chi connectivity index (χ0n) is 12.1. The molecule has 1 aliphatic rings. The highest BCUT2D eigenvalue weighted by Crippen LogP contribution is 2.17. The second kappa shape index (κ2) is 6.39. The minimum atomic E-state index is -0.335. The summed E-state index contributed by atoms with van der Waals surface area (Å²) in [6.07, 6.45) is 3.96. The lowest BCUT2D eigenvalue weighted by atomic mass is 9.96. The number of amides is 3. The topological polar surface area (TPSA) is 62.3 Å². The zero-order chi connectivity index (χ0) is 15.4. The molecule has 0 radical (unpaired) electrons. The minimum absolute atomic E-state index is 0.128. The maximum atomic E-state index is 12.6. The van der Waals surface area contributed by atoms with Gasteiger partial charge < -0.3 is 5.32 Å². The smallest absolute Gasteiger partial charge is 0.324 e. The first-order valence-electron chi connectivity index (χ1n) is 7.26. The SMILES string of the molecule is O=C1NCC(Cc2ccccc2)C(=O)N1Cc1cccnc1. The quantitative estimate of drug-likeness (QED) is 0.938. The summed E-state index contributed by atoms with van der Waals surface area (Å²) in [6.45, 7) is 0.639. The number of nitrogens with one attached hydrogen (secondary N) is 1. The van der Waals surface area contributed by atoms with Gasteiger partial charge >= 0.3 is 6.03 Å². The van der Waals surface area contributed by atoms with Gasteiger partial charge in [0.1, 0.15) is 0 Å². The molecule has 3 rings (SSSR count). The fourth-order valence-corrected chi connectivity index (χ4v) is 2.60. The summed E-state index contributed by atoms with van der Waals surface area (Å²) in [7, 11) is 0. The van der Waals surface area contributed by atoms with Gasteiger partial charge in [-0.15, -0.1) is 0 Å². The lowest BCUT2D eigenvalue weighted by molar-refractivity contribution is -0.134. The highest BCUT2D eigenvalue weighted by Gasteiger charge is 2.34. The van der Waals surface area contributed by atoms with E-state index in [1.807, 2.05) is 36.4 Å². The fourth-order valence-electron chi connectivity index (χ4n) is 2.60. The van der Waals surface area contributed by atoms with Gasteiger partial charge in [0, 0.05) is 18.9 Å². The summed E-state index contributed by atoms with van der Waals surface area (Å²) in [5.41, 5.74) is 1.93. The van der Waals surface area contributed by atoms with Crippen LogP contribution in [0.5, 0.6) is 0 Å². The van der Waals surface area contributed by atoms with Crippen molar-refractivity contribution in [2.24, 2.45) is 5.92 Å². The molecule has 3 amide bonds. The number of hydrogen-bond donors (Lipinski definition) is 1. The zero-order valence-corrected chi connectivity index (χ0v) is 12.1. The van der Waals surface area contributed by atoms with Crippen LogP contribution in [0.3, 0.4) is 0 Å². The van der Waals surface area contributed by atoms with E-state index in [-0.39, 0.29) is 24.4 Å². The second-order valence-corrected chi connectivity index (χ2v) is 5.36. The molecule has 1 saturated heterocycles. The Morgan fingerprint density at radius 2 is 1.86 bits per heavy atom. The van der Waals surface area contributed by atoms with Gasteiger partial charge in [-0.05, 0) is 23.6 Å². The Labute approximate surface area is 129 Å². The first kappa shape index (κ1) is 14.3. The number of imide groups is 1. The van der Waals surface area contributed by atoms with Crippen LogP contribution in [0.2, 0.25) is 0 Å². The molecule has 2 heterocycles. The molecule has 2 aromatic rings. The summed E-state index contributed by atoms with van der Waals surface area (Å²) in [5.74, 6) is -0.353. The third-order valence-electron chi connectivity index (χ3n) is 3.75. The molecule has 1 N–H and O–H groups in total. The van der Waals surface area contributed by atoms with E-state index in [2.05, 4.69) is 10.3 Å². The van der Waals surface area contributed by atoms with Crippen molar-refractivity contribution < 1.29 is 9.59 Å². The predicted octanol–water partition coefficient (Wildman–Crippen LogP) is 1.99. The third kappa shape index (κ3) is 3.14. The third-order valence-corrected chi connectivity index (χ3v) is 3.75. The Morgan fingerprint density at radius 1 is 1.09 bits per heavy atom. The van der Waals surface area contributed by atoms with Gasteiger partial charge in [-0.2, -0.15) is 0 Å². The number of urea groups is 1. The van der Waals surface area contributed by atoms with E-state index in [0.29, 0.717) is 13.0 Å². The van der Waals surface area contributed by atoms with Gasteiger partial charge in [0.15, 0.2) is 0 Å². The van der Waals surface area contributed by atoms with Crippen molar-refractivity contribution in [2.75, 3.05) is 6.54 Å². The van der Waals surface area contributed by atoms with Crippen molar-refractivity contribution in [2.45, 2.75) is 13.0 Å². The molecule has 1 aliphatic heterocycles. The average molecular weight is 295 g/mol. The summed E-state index contributed by atoms with van der Waals surface area (Å²) in [6, 6.07) is 13.2. The maximum Gasteiger partial charge on any atom is 0.324 e. The van der Waals surface area contributed by atoms with Crippen molar-refractivity contribution >= 4 is 11.9 Å². The van der Waals surface area contributed by atoms with E-state index in [9.17, 15) is 9.59 Å². The molecular formula is C17H17N3O2. The molecule has 0 bridgehead atoms.